The first kappa shape index (κ1) is 31.5. The van der Waals surface area contributed by atoms with Gasteiger partial charge < -0.3 is 9.15 Å². The van der Waals surface area contributed by atoms with Gasteiger partial charge >= 0.3 is 0 Å². The van der Waals surface area contributed by atoms with E-state index in [9.17, 15) is 4.39 Å². The summed E-state index contributed by atoms with van der Waals surface area (Å²) in [7, 11) is 1.67. The third-order valence-corrected chi connectivity index (χ3v) is 5.12. The molecule has 4 rings (SSSR count). The van der Waals surface area contributed by atoms with Crippen LogP contribution in [0.1, 0.15) is 70.1 Å². The second-order valence-electron chi connectivity index (χ2n) is 8.30. The van der Waals surface area contributed by atoms with Crippen LogP contribution in [0.4, 0.5) is 4.39 Å². The predicted molar refractivity (Wildman–Crippen MR) is 148 cm³/mol. The fourth-order valence-electron chi connectivity index (χ4n) is 3.37. The molecule has 202 valence electrons. The Labute approximate surface area is 221 Å². The minimum Gasteiger partial charge on any atom is -0.495 e. The number of furan rings is 1. The summed E-state index contributed by atoms with van der Waals surface area (Å²) in [6.45, 7) is 20.1. The number of methoxy groups -OCH3 is 1. The maximum absolute atomic E-state index is 12.3. The van der Waals surface area contributed by atoms with E-state index >= 15 is 0 Å². The van der Waals surface area contributed by atoms with Gasteiger partial charge in [0.25, 0.3) is 0 Å². The molecule has 37 heavy (non-hydrogen) atoms. The van der Waals surface area contributed by atoms with E-state index in [0.717, 1.165) is 40.6 Å². The first-order chi connectivity index (χ1) is 17.7. The van der Waals surface area contributed by atoms with Crippen LogP contribution in [-0.2, 0) is 6.42 Å². The summed E-state index contributed by atoms with van der Waals surface area (Å²) in [4.78, 5) is 7.66. The number of aromatic nitrogens is 5. The third kappa shape index (κ3) is 8.51. The van der Waals surface area contributed by atoms with Crippen LogP contribution in [0.25, 0.3) is 17.3 Å². The number of rotatable bonds is 5. The third-order valence-electron chi connectivity index (χ3n) is 5.12. The molecule has 0 unspecified atom stereocenters. The molecule has 0 aliphatic rings. The molecule has 0 N–H and O–H groups in total. The SMILES string of the molecule is CC.CC.CC(C)Cc1ncc(F)cn1.COc1cccc(C)c1-n1c(C)nnc1-c1cc(C)c(C)o1. The van der Waals surface area contributed by atoms with Gasteiger partial charge in [0.1, 0.15) is 23.2 Å². The molecule has 0 bridgehead atoms. The van der Waals surface area contributed by atoms with Gasteiger partial charge in [0.2, 0.25) is 5.82 Å². The van der Waals surface area contributed by atoms with Gasteiger partial charge in [0, 0.05) is 6.42 Å². The van der Waals surface area contributed by atoms with Crippen LogP contribution < -0.4 is 4.74 Å². The van der Waals surface area contributed by atoms with E-state index in [1.54, 1.807) is 7.11 Å². The molecule has 0 atom stereocenters. The van der Waals surface area contributed by atoms with Crippen molar-refractivity contribution in [1.82, 2.24) is 24.7 Å². The lowest BCUT2D eigenvalue weighted by Crippen LogP contribution is -2.04. The maximum atomic E-state index is 12.3. The number of aryl methyl sites for hydroxylation is 4. The van der Waals surface area contributed by atoms with Crippen molar-refractivity contribution in [3.05, 3.63) is 71.0 Å². The second kappa shape index (κ2) is 15.5. The Bertz CT molecular complexity index is 1190. The maximum Gasteiger partial charge on any atom is 0.204 e. The van der Waals surface area contributed by atoms with Crippen molar-refractivity contribution < 1.29 is 13.5 Å². The fraction of sp³-hybridized carbons (Fsp3) is 0.448. The summed E-state index contributed by atoms with van der Waals surface area (Å²) in [5.41, 5.74) is 3.12. The summed E-state index contributed by atoms with van der Waals surface area (Å²) in [6, 6.07) is 7.93. The normalized spacial score (nSPS) is 9.97. The topological polar surface area (TPSA) is 78.9 Å². The van der Waals surface area contributed by atoms with E-state index in [2.05, 4.69) is 34.0 Å². The molecular formula is C29H42FN5O2. The highest BCUT2D eigenvalue weighted by molar-refractivity contribution is 5.60. The Morgan fingerprint density at radius 1 is 0.946 bits per heavy atom. The molecule has 0 spiro atoms. The summed E-state index contributed by atoms with van der Waals surface area (Å²) >= 11 is 0. The Morgan fingerprint density at radius 3 is 2.08 bits per heavy atom. The van der Waals surface area contributed by atoms with Gasteiger partial charge in [-0.15, -0.1) is 10.2 Å². The number of nitrogens with zero attached hydrogens (tertiary/aromatic N) is 5. The average molecular weight is 512 g/mol. The van der Waals surface area contributed by atoms with Gasteiger partial charge in [-0.2, -0.15) is 0 Å². The van der Waals surface area contributed by atoms with Crippen molar-refractivity contribution in [2.75, 3.05) is 7.11 Å². The highest BCUT2D eigenvalue weighted by Gasteiger charge is 2.20. The van der Waals surface area contributed by atoms with Crippen LogP contribution in [0.5, 0.6) is 5.75 Å². The van der Waals surface area contributed by atoms with Gasteiger partial charge in [0.05, 0.1) is 25.2 Å². The Hall–Kier alpha value is -3.55. The molecule has 0 fully saturated rings. The lowest BCUT2D eigenvalue weighted by Gasteiger charge is -2.14. The average Bonchev–Trinajstić information content (AvgIpc) is 3.44. The van der Waals surface area contributed by atoms with Crippen molar-refractivity contribution in [3.8, 4) is 23.0 Å². The zero-order valence-electron chi connectivity index (χ0n) is 24.2. The highest BCUT2D eigenvalue weighted by atomic mass is 19.1. The van der Waals surface area contributed by atoms with E-state index in [0.29, 0.717) is 23.3 Å². The number of benzene rings is 1. The Kier molecular flexibility index (Phi) is 13.2. The van der Waals surface area contributed by atoms with E-state index in [-0.39, 0.29) is 5.82 Å². The van der Waals surface area contributed by atoms with Crippen LogP contribution in [0.3, 0.4) is 0 Å². The molecule has 4 aromatic rings. The molecule has 3 aromatic heterocycles. The Morgan fingerprint density at radius 2 is 1.57 bits per heavy atom. The smallest absolute Gasteiger partial charge is 0.204 e. The zero-order chi connectivity index (χ0) is 28.1. The number of halogens is 1. The van der Waals surface area contributed by atoms with Crippen molar-refractivity contribution in [1.29, 1.82) is 0 Å². The van der Waals surface area contributed by atoms with E-state index in [1.807, 2.05) is 84.2 Å². The number of para-hydroxylation sites is 1. The number of hydrogen-bond donors (Lipinski definition) is 0. The molecule has 0 saturated carbocycles. The monoisotopic (exact) mass is 511 g/mol. The Balaban J connectivity index is 0.000000385. The van der Waals surface area contributed by atoms with Crippen LogP contribution in [0.15, 0.2) is 41.1 Å². The molecule has 7 nitrogen and oxygen atoms in total. The van der Waals surface area contributed by atoms with Gasteiger partial charge in [-0.05, 0) is 56.9 Å². The lowest BCUT2D eigenvalue weighted by atomic mass is 10.1. The van der Waals surface area contributed by atoms with Crippen molar-refractivity contribution in [2.45, 2.75) is 75.7 Å². The molecule has 0 aliphatic carbocycles. The van der Waals surface area contributed by atoms with Crippen molar-refractivity contribution in [2.24, 2.45) is 5.92 Å². The lowest BCUT2D eigenvalue weighted by molar-refractivity contribution is 0.412. The highest BCUT2D eigenvalue weighted by Crippen LogP contribution is 2.32. The molecule has 0 radical (unpaired) electrons. The molecular weight excluding hydrogens is 469 g/mol. The van der Waals surface area contributed by atoms with E-state index < -0.39 is 0 Å². The standard InChI is InChI=1S/C17H19N3O2.C8H11FN2.2C2H6/c1-10-7-6-8-14(21-5)16(10)20-13(4)18-19-17(20)15-9-11(2)12(3)22-15;1-6(2)3-8-10-4-7(9)5-11-8;2*1-2/h6-9H,1-5H3;4-6H,3H2,1-2H3;2*1-2H3. The quantitative estimate of drug-likeness (QED) is 0.274. The summed E-state index contributed by atoms with van der Waals surface area (Å²) in [6.07, 6.45) is 3.20. The van der Waals surface area contributed by atoms with Gasteiger partial charge in [-0.25, -0.2) is 14.4 Å². The summed E-state index contributed by atoms with van der Waals surface area (Å²) < 4.78 is 25.6. The second-order valence-corrected chi connectivity index (χ2v) is 8.30. The van der Waals surface area contributed by atoms with Crippen molar-refractivity contribution >= 4 is 0 Å². The predicted octanol–water partition coefficient (Wildman–Crippen LogP) is 7.64. The minimum absolute atomic E-state index is 0.377. The van der Waals surface area contributed by atoms with Crippen LogP contribution in [0.2, 0.25) is 0 Å². The molecule has 8 heteroatoms. The first-order valence-corrected chi connectivity index (χ1v) is 12.8. The molecule has 0 aliphatic heterocycles. The van der Waals surface area contributed by atoms with Crippen LogP contribution in [0, 0.1) is 39.4 Å². The number of ether oxygens (including phenoxy) is 1. The van der Waals surface area contributed by atoms with Crippen molar-refractivity contribution in [3.63, 3.8) is 0 Å². The first-order valence-electron chi connectivity index (χ1n) is 12.8. The van der Waals surface area contributed by atoms with Gasteiger partial charge in [0.15, 0.2) is 11.6 Å². The molecule has 0 amide bonds. The van der Waals surface area contributed by atoms with Gasteiger partial charge in [-0.1, -0.05) is 53.7 Å². The number of hydrogen-bond acceptors (Lipinski definition) is 6. The molecule has 3 heterocycles. The largest absolute Gasteiger partial charge is 0.495 e. The molecule has 0 saturated heterocycles. The fourth-order valence-corrected chi connectivity index (χ4v) is 3.37. The van der Waals surface area contributed by atoms with E-state index in [4.69, 9.17) is 9.15 Å². The molecule has 1 aromatic carbocycles. The van der Waals surface area contributed by atoms with Gasteiger partial charge in [-0.3, -0.25) is 4.57 Å². The van der Waals surface area contributed by atoms with E-state index in [1.165, 1.54) is 12.4 Å². The minimum atomic E-state index is -0.377. The summed E-state index contributed by atoms with van der Waals surface area (Å²) in [5, 5.41) is 8.52. The summed E-state index contributed by atoms with van der Waals surface area (Å²) in [5.74, 6) is 4.69. The van der Waals surface area contributed by atoms with Crippen LogP contribution in [-0.4, -0.2) is 31.8 Å². The van der Waals surface area contributed by atoms with Crippen LogP contribution >= 0.6 is 0 Å². The zero-order valence-corrected chi connectivity index (χ0v) is 24.2.